The van der Waals surface area contributed by atoms with E-state index in [1.165, 1.54) is 0 Å². The molecule has 0 aliphatic rings. The zero-order valence-electron chi connectivity index (χ0n) is 12.5. The van der Waals surface area contributed by atoms with Crippen molar-refractivity contribution in [3.8, 4) is 0 Å². The summed E-state index contributed by atoms with van der Waals surface area (Å²) in [5.74, 6) is 1.90. The van der Waals surface area contributed by atoms with Gasteiger partial charge in [-0.3, -0.25) is 0 Å². The molecule has 1 aromatic carbocycles. The van der Waals surface area contributed by atoms with Gasteiger partial charge in [-0.1, -0.05) is 29.8 Å². The van der Waals surface area contributed by atoms with Crippen LogP contribution in [0.5, 0.6) is 0 Å². The van der Waals surface area contributed by atoms with Crippen LogP contribution in [0, 0.1) is 12.8 Å². The monoisotopic (exact) mass is 349 g/mol. The van der Waals surface area contributed by atoms with E-state index in [0.717, 1.165) is 34.5 Å². The predicted octanol–water partition coefficient (Wildman–Crippen LogP) is 4.14. The van der Waals surface area contributed by atoms with Gasteiger partial charge in [0.15, 0.2) is 5.82 Å². The summed E-state index contributed by atoms with van der Waals surface area (Å²) in [6, 6.07) is 6.01. The van der Waals surface area contributed by atoms with Crippen molar-refractivity contribution in [3.63, 3.8) is 0 Å². The molecule has 112 valence electrons. The molecule has 6 heteroatoms. The summed E-state index contributed by atoms with van der Waals surface area (Å²) in [6.07, 6.45) is 2.73. The van der Waals surface area contributed by atoms with Crippen LogP contribution in [0.4, 0.5) is 17.5 Å². The molecule has 2 N–H and O–H groups in total. The quantitative estimate of drug-likeness (QED) is 0.820. The molecule has 0 aliphatic heterocycles. The van der Waals surface area contributed by atoms with E-state index < -0.39 is 0 Å². The summed E-state index contributed by atoms with van der Waals surface area (Å²) in [5.41, 5.74) is 2.09. The van der Waals surface area contributed by atoms with Crippen LogP contribution in [0.1, 0.15) is 25.8 Å². The Kier molecular flexibility index (Phi) is 5.50. The van der Waals surface area contributed by atoms with E-state index in [1.807, 2.05) is 25.1 Å². The molecule has 1 heterocycles. The fourth-order valence-corrected chi connectivity index (χ4v) is 2.29. The van der Waals surface area contributed by atoms with E-state index in [1.54, 1.807) is 6.20 Å². The molecule has 0 aliphatic carbocycles. The van der Waals surface area contributed by atoms with Crippen LogP contribution in [0.15, 0.2) is 28.9 Å². The van der Waals surface area contributed by atoms with Gasteiger partial charge in [0.25, 0.3) is 0 Å². The largest absolute Gasteiger partial charge is 0.369 e. The minimum absolute atomic E-state index is 0.495. The number of halogens is 1. The molecule has 0 saturated carbocycles. The van der Waals surface area contributed by atoms with Gasteiger partial charge in [0, 0.05) is 16.7 Å². The highest BCUT2D eigenvalue weighted by Crippen LogP contribution is 2.22. The van der Waals surface area contributed by atoms with Gasteiger partial charge in [-0.2, -0.15) is 10.1 Å². The van der Waals surface area contributed by atoms with Gasteiger partial charge in [-0.25, -0.2) is 0 Å². The minimum atomic E-state index is 0.495. The van der Waals surface area contributed by atoms with E-state index in [4.69, 9.17) is 0 Å². The molecule has 5 nitrogen and oxygen atoms in total. The summed E-state index contributed by atoms with van der Waals surface area (Å²) < 4.78 is 1.05. The first kappa shape index (κ1) is 15.7. The Morgan fingerprint density at radius 3 is 2.81 bits per heavy atom. The lowest BCUT2D eigenvalue weighted by atomic mass is 10.1. The summed E-state index contributed by atoms with van der Waals surface area (Å²) >= 11 is 3.45. The lowest BCUT2D eigenvalue weighted by molar-refractivity contribution is 0.606. The highest BCUT2D eigenvalue weighted by Gasteiger charge is 2.04. The zero-order chi connectivity index (χ0) is 15.2. The van der Waals surface area contributed by atoms with Gasteiger partial charge in [0.1, 0.15) is 0 Å². The number of hydrogen-bond donors (Lipinski definition) is 2. The molecule has 2 aromatic rings. The van der Waals surface area contributed by atoms with Crippen LogP contribution >= 0.6 is 15.9 Å². The van der Waals surface area contributed by atoms with Crippen molar-refractivity contribution < 1.29 is 0 Å². The molecule has 0 spiro atoms. The van der Waals surface area contributed by atoms with Gasteiger partial charge in [0.2, 0.25) is 5.95 Å². The molecule has 0 unspecified atom stereocenters. The molecular weight excluding hydrogens is 330 g/mol. The van der Waals surface area contributed by atoms with Crippen molar-refractivity contribution >= 4 is 33.4 Å². The van der Waals surface area contributed by atoms with Gasteiger partial charge in [0.05, 0.1) is 6.20 Å². The second-order valence-electron chi connectivity index (χ2n) is 5.36. The summed E-state index contributed by atoms with van der Waals surface area (Å²) in [5, 5.41) is 14.5. The molecule has 0 fully saturated rings. The maximum atomic E-state index is 4.42. The molecule has 0 amide bonds. The molecule has 21 heavy (non-hydrogen) atoms. The molecule has 2 rings (SSSR count). The van der Waals surface area contributed by atoms with Gasteiger partial charge in [-0.15, -0.1) is 5.10 Å². The average Bonchev–Trinajstić information content (AvgIpc) is 2.42. The van der Waals surface area contributed by atoms with E-state index in [-0.39, 0.29) is 0 Å². The van der Waals surface area contributed by atoms with Crippen LogP contribution in [0.25, 0.3) is 0 Å². The van der Waals surface area contributed by atoms with Crippen molar-refractivity contribution in [2.45, 2.75) is 27.2 Å². The lowest BCUT2D eigenvalue weighted by Gasteiger charge is -2.10. The van der Waals surface area contributed by atoms with Gasteiger partial charge >= 0.3 is 0 Å². The van der Waals surface area contributed by atoms with E-state index in [2.05, 4.69) is 55.6 Å². The number of aromatic nitrogens is 3. The third kappa shape index (κ3) is 4.97. The highest BCUT2D eigenvalue weighted by atomic mass is 79.9. The topological polar surface area (TPSA) is 62.7 Å². The number of hydrogen-bond acceptors (Lipinski definition) is 5. The summed E-state index contributed by atoms with van der Waals surface area (Å²) in [4.78, 5) is 4.42. The second kappa shape index (κ2) is 7.36. The number of rotatable bonds is 6. The lowest BCUT2D eigenvalue weighted by Crippen LogP contribution is -2.08. The summed E-state index contributed by atoms with van der Waals surface area (Å²) in [7, 11) is 0. The van der Waals surface area contributed by atoms with Crippen LogP contribution in [-0.2, 0) is 0 Å². The van der Waals surface area contributed by atoms with Crippen LogP contribution in [0.3, 0.4) is 0 Å². The number of nitrogens with zero attached hydrogens (tertiary/aromatic N) is 3. The second-order valence-corrected chi connectivity index (χ2v) is 6.27. The Bertz CT molecular complexity index is 600. The Balaban J connectivity index is 2.03. The Morgan fingerprint density at radius 1 is 1.29 bits per heavy atom. The maximum absolute atomic E-state index is 4.42. The first-order chi connectivity index (χ1) is 10.0. The Morgan fingerprint density at radius 2 is 2.10 bits per heavy atom. The third-order valence-electron chi connectivity index (χ3n) is 3.02. The van der Waals surface area contributed by atoms with Gasteiger partial charge < -0.3 is 10.6 Å². The molecule has 0 saturated heterocycles. The van der Waals surface area contributed by atoms with Crippen molar-refractivity contribution in [1.29, 1.82) is 0 Å². The fourth-order valence-electron chi connectivity index (χ4n) is 1.82. The predicted molar refractivity (Wildman–Crippen MR) is 89.9 cm³/mol. The van der Waals surface area contributed by atoms with Crippen molar-refractivity contribution in [3.05, 3.63) is 34.4 Å². The minimum Gasteiger partial charge on any atom is -0.369 e. The Hall–Kier alpha value is -1.69. The fraction of sp³-hybridized carbons (Fsp3) is 0.400. The van der Waals surface area contributed by atoms with Crippen LogP contribution in [0.2, 0.25) is 0 Å². The van der Waals surface area contributed by atoms with Crippen molar-refractivity contribution in [1.82, 2.24) is 15.2 Å². The standard InChI is InChI=1S/C15H20BrN5/c1-10(2)6-7-17-14-9-18-21-15(20-14)19-13-5-4-12(16)8-11(13)3/h4-5,8-10H,6-7H2,1-3H3,(H2,17,19,20,21). The summed E-state index contributed by atoms with van der Waals surface area (Å²) in [6.45, 7) is 7.31. The Labute approximate surface area is 133 Å². The number of aryl methyl sites for hydroxylation is 1. The molecular formula is C15H20BrN5. The molecule has 0 atom stereocenters. The maximum Gasteiger partial charge on any atom is 0.249 e. The smallest absolute Gasteiger partial charge is 0.249 e. The normalized spacial score (nSPS) is 10.7. The molecule has 1 aromatic heterocycles. The number of anilines is 3. The van der Waals surface area contributed by atoms with Crippen LogP contribution in [-0.4, -0.2) is 21.7 Å². The van der Waals surface area contributed by atoms with Gasteiger partial charge in [-0.05, 0) is 43.0 Å². The van der Waals surface area contributed by atoms with Crippen molar-refractivity contribution in [2.24, 2.45) is 5.92 Å². The third-order valence-corrected chi connectivity index (χ3v) is 3.51. The zero-order valence-corrected chi connectivity index (χ0v) is 14.1. The first-order valence-electron chi connectivity index (χ1n) is 7.01. The average molecular weight is 350 g/mol. The first-order valence-corrected chi connectivity index (χ1v) is 7.80. The molecule has 0 bridgehead atoms. The number of nitrogens with one attached hydrogen (secondary N) is 2. The van der Waals surface area contributed by atoms with E-state index in [9.17, 15) is 0 Å². The van der Waals surface area contributed by atoms with E-state index in [0.29, 0.717) is 11.9 Å². The highest BCUT2D eigenvalue weighted by molar-refractivity contribution is 9.10. The molecule has 0 radical (unpaired) electrons. The van der Waals surface area contributed by atoms with E-state index >= 15 is 0 Å². The number of benzene rings is 1. The van der Waals surface area contributed by atoms with Crippen LogP contribution < -0.4 is 10.6 Å². The van der Waals surface area contributed by atoms with Crippen molar-refractivity contribution in [2.75, 3.05) is 17.2 Å². The SMILES string of the molecule is Cc1cc(Br)ccc1Nc1nncc(NCCC(C)C)n1.